The van der Waals surface area contributed by atoms with Crippen molar-refractivity contribution in [1.29, 1.82) is 0 Å². The lowest BCUT2D eigenvalue weighted by Gasteiger charge is -2.05. The summed E-state index contributed by atoms with van der Waals surface area (Å²) in [6.45, 7) is 3.67. The van der Waals surface area contributed by atoms with Crippen molar-refractivity contribution in [1.82, 2.24) is 0 Å². The van der Waals surface area contributed by atoms with Gasteiger partial charge in [0.2, 0.25) is 5.12 Å². The average molecular weight is 240 g/mol. The van der Waals surface area contributed by atoms with Crippen LogP contribution in [0.4, 0.5) is 0 Å². The van der Waals surface area contributed by atoms with Crippen LogP contribution in [0.15, 0.2) is 24.3 Å². The highest BCUT2D eigenvalue weighted by Gasteiger charge is 2.12. The van der Waals surface area contributed by atoms with Crippen LogP contribution in [-0.4, -0.2) is 10.9 Å². The summed E-state index contributed by atoms with van der Waals surface area (Å²) in [6, 6.07) is 6.74. The van der Waals surface area contributed by atoms with Crippen molar-refractivity contribution < 1.29 is 9.59 Å². The molecule has 4 heteroatoms. The summed E-state index contributed by atoms with van der Waals surface area (Å²) < 4.78 is 0. The molecule has 0 spiro atoms. The number of carbonyl (C=O) groups is 2. The molecule has 1 rings (SSSR count). The number of thiol groups is 1. The second kappa shape index (κ2) is 5.37. The Hall–Kier alpha value is -0.740. The standard InChI is InChI=1S/C11H12O2S2/c1-7(2)10(12)8-4-3-5-9(6-8)11(13)15-14/h3-7,14H,1-2H3. The minimum absolute atomic E-state index is 0.0498. The van der Waals surface area contributed by atoms with Crippen LogP contribution in [0.3, 0.4) is 0 Å². The SMILES string of the molecule is CC(C)C(=O)c1cccc(C(=O)SS)c1. The van der Waals surface area contributed by atoms with Gasteiger partial charge in [0.25, 0.3) is 0 Å². The topological polar surface area (TPSA) is 34.1 Å². The molecule has 0 fully saturated rings. The molecular formula is C11H12O2S2. The third-order valence-electron chi connectivity index (χ3n) is 1.99. The van der Waals surface area contributed by atoms with E-state index in [1.54, 1.807) is 24.3 Å². The fraction of sp³-hybridized carbons (Fsp3) is 0.273. The fourth-order valence-electron chi connectivity index (χ4n) is 1.19. The van der Waals surface area contributed by atoms with Crippen LogP contribution in [0.25, 0.3) is 0 Å². The van der Waals surface area contributed by atoms with Gasteiger partial charge in [0.05, 0.1) is 0 Å². The maximum absolute atomic E-state index is 11.7. The van der Waals surface area contributed by atoms with E-state index in [4.69, 9.17) is 0 Å². The lowest BCUT2D eigenvalue weighted by molar-refractivity contribution is 0.0939. The van der Waals surface area contributed by atoms with Gasteiger partial charge in [0.15, 0.2) is 5.78 Å². The number of ketones is 1. The molecule has 0 saturated carbocycles. The molecule has 1 aromatic rings. The van der Waals surface area contributed by atoms with Gasteiger partial charge < -0.3 is 0 Å². The number of rotatable bonds is 3. The Bertz CT molecular complexity index is 386. The van der Waals surface area contributed by atoms with E-state index in [9.17, 15) is 9.59 Å². The van der Waals surface area contributed by atoms with Gasteiger partial charge >= 0.3 is 0 Å². The molecule has 2 nitrogen and oxygen atoms in total. The Morgan fingerprint density at radius 2 is 1.87 bits per heavy atom. The van der Waals surface area contributed by atoms with Crippen LogP contribution in [0.2, 0.25) is 0 Å². The Kier molecular flexibility index (Phi) is 4.42. The third kappa shape index (κ3) is 3.11. The zero-order valence-corrected chi connectivity index (χ0v) is 10.3. The Morgan fingerprint density at radius 1 is 1.27 bits per heavy atom. The summed E-state index contributed by atoms with van der Waals surface area (Å²) in [4.78, 5) is 23.0. The molecule has 0 saturated heterocycles. The van der Waals surface area contributed by atoms with Crippen LogP contribution in [0, 0.1) is 5.92 Å². The van der Waals surface area contributed by atoms with Gasteiger partial charge in [-0.2, -0.15) is 0 Å². The minimum Gasteiger partial charge on any atom is -0.294 e. The van der Waals surface area contributed by atoms with Gasteiger partial charge in [-0.25, -0.2) is 0 Å². The first-order valence-electron chi connectivity index (χ1n) is 4.56. The van der Waals surface area contributed by atoms with E-state index in [2.05, 4.69) is 11.7 Å². The second-order valence-corrected chi connectivity index (χ2v) is 4.58. The third-order valence-corrected chi connectivity index (χ3v) is 2.89. The first-order chi connectivity index (χ1) is 7.06. The van der Waals surface area contributed by atoms with Gasteiger partial charge in [-0.15, -0.1) is 11.7 Å². The first-order valence-corrected chi connectivity index (χ1v) is 6.43. The summed E-state index contributed by atoms with van der Waals surface area (Å²) in [5.41, 5.74) is 1.10. The highest BCUT2D eigenvalue weighted by Crippen LogP contribution is 2.17. The van der Waals surface area contributed by atoms with Gasteiger partial charge in [-0.3, -0.25) is 9.59 Å². The number of Topliss-reactive ketones (excluding diaryl/α,β-unsaturated/α-hetero) is 1. The predicted octanol–water partition coefficient (Wildman–Crippen LogP) is 3.24. The van der Waals surface area contributed by atoms with E-state index < -0.39 is 0 Å². The highest BCUT2D eigenvalue weighted by molar-refractivity contribution is 8.75. The van der Waals surface area contributed by atoms with Crippen molar-refractivity contribution in [3.63, 3.8) is 0 Å². The lowest BCUT2D eigenvalue weighted by Crippen LogP contribution is -2.08. The van der Waals surface area contributed by atoms with Crippen LogP contribution < -0.4 is 0 Å². The molecule has 0 aliphatic rings. The molecular weight excluding hydrogens is 228 g/mol. The first kappa shape index (κ1) is 12.3. The van der Waals surface area contributed by atoms with Crippen molar-refractivity contribution in [2.75, 3.05) is 0 Å². The van der Waals surface area contributed by atoms with Crippen molar-refractivity contribution in [3.8, 4) is 0 Å². The van der Waals surface area contributed by atoms with Crippen molar-refractivity contribution >= 4 is 33.4 Å². The lowest BCUT2D eigenvalue weighted by atomic mass is 10.00. The zero-order chi connectivity index (χ0) is 11.4. The smallest absolute Gasteiger partial charge is 0.229 e. The van der Waals surface area contributed by atoms with E-state index in [1.165, 1.54) is 0 Å². The molecule has 0 heterocycles. The molecule has 15 heavy (non-hydrogen) atoms. The van der Waals surface area contributed by atoms with Crippen LogP contribution in [0.1, 0.15) is 34.6 Å². The molecule has 0 amide bonds. The van der Waals surface area contributed by atoms with Crippen LogP contribution >= 0.6 is 22.5 Å². The summed E-state index contributed by atoms with van der Waals surface area (Å²) in [5.74, 6) is -0.00665. The second-order valence-electron chi connectivity index (χ2n) is 3.48. The summed E-state index contributed by atoms with van der Waals surface area (Å²) in [7, 11) is 0.851. The van der Waals surface area contributed by atoms with E-state index >= 15 is 0 Å². The van der Waals surface area contributed by atoms with Gasteiger partial charge in [-0.05, 0) is 16.9 Å². The summed E-state index contributed by atoms with van der Waals surface area (Å²) >= 11 is 3.84. The zero-order valence-electron chi connectivity index (χ0n) is 8.56. The predicted molar refractivity (Wildman–Crippen MR) is 66.5 cm³/mol. The normalized spacial score (nSPS) is 10.4. The molecule has 0 aliphatic carbocycles. The van der Waals surface area contributed by atoms with Gasteiger partial charge in [-0.1, -0.05) is 32.0 Å². The quantitative estimate of drug-likeness (QED) is 0.500. The average Bonchev–Trinajstić information content (AvgIpc) is 2.27. The summed E-state index contributed by atoms with van der Waals surface area (Å²) in [6.07, 6.45) is 0. The molecule has 0 radical (unpaired) electrons. The van der Waals surface area contributed by atoms with E-state index in [0.29, 0.717) is 11.1 Å². The van der Waals surface area contributed by atoms with Crippen LogP contribution in [0.5, 0.6) is 0 Å². The number of benzene rings is 1. The molecule has 0 unspecified atom stereocenters. The Morgan fingerprint density at radius 3 is 2.40 bits per heavy atom. The van der Waals surface area contributed by atoms with E-state index in [1.807, 2.05) is 13.8 Å². The molecule has 0 aromatic heterocycles. The molecule has 1 aromatic carbocycles. The van der Waals surface area contributed by atoms with E-state index in [0.717, 1.165) is 10.8 Å². The molecule has 0 bridgehead atoms. The van der Waals surface area contributed by atoms with Gasteiger partial charge in [0, 0.05) is 17.0 Å². The maximum atomic E-state index is 11.7. The number of hydrogen-bond acceptors (Lipinski definition) is 4. The molecule has 0 N–H and O–H groups in total. The maximum Gasteiger partial charge on any atom is 0.229 e. The monoisotopic (exact) mass is 240 g/mol. The number of hydrogen-bond donors (Lipinski definition) is 1. The molecule has 0 atom stereocenters. The van der Waals surface area contributed by atoms with Gasteiger partial charge in [0.1, 0.15) is 0 Å². The molecule has 80 valence electrons. The minimum atomic E-state index is -0.142. The summed E-state index contributed by atoms with van der Waals surface area (Å²) in [5, 5.41) is -0.142. The highest BCUT2D eigenvalue weighted by atomic mass is 33.1. The van der Waals surface area contributed by atoms with Crippen molar-refractivity contribution in [3.05, 3.63) is 35.4 Å². The fourth-order valence-corrected chi connectivity index (χ4v) is 1.73. The molecule has 0 aliphatic heterocycles. The Balaban J connectivity index is 3.02. The van der Waals surface area contributed by atoms with Crippen molar-refractivity contribution in [2.24, 2.45) is 5.92 Å². The largest absolute Gasteiger partial charge is 0.294 e. The van der Waals surface area contributed by atoms with Crippen molar-refractivity contribution in [2.45, 2.75) is 13.8 Å². The Labute approximate surface area is 98.3 Å². The van der Waals surface area contributed by atoms with Crippen LogP contribution in [-0.2, 0) is 0 Å². The number of carbonyl (C=O) groups excluding carboxylic acids is 2. The van der Waals surface area contributed by atoms with E-state index in [-0.39, 0.29) is 16.8 Å².